The standard InChI is InChI=1S/C25H30F3N7O3S/c1-14-10-15(12-35-18(14)21(37)33-24(35)6-4-23(38,5-7-24)25(26,27)28)32-19-16-11-17(39-22(16)31-13-30-19)20(36)29-8-9-34(2)3/h10-11,13,38H,4-9,12H2,1-3H3,(H,29,36)(H,33,37)(H,30,31,32). The number of alkyl halides is 3. The maximum atomic E-state index is 13.4. The molecule has 0 unspecified atom stereocenters. The van der Waals surface area contributed by atoms with E-state index in [-0.39, 0.29) is 31.2 Å². The highest BCUT2D eigenvalue weighted by Crippen LogP contribution is 2.49. The van der Waals surface area contributed by atoms with E-state index in [2.05, 4.69) is 25.9 Å². The van der Waals surface area contributed by atoms with Crippen molar-refractivity contribution < 1.29 is 27.9 Å². The number of fused-ring (bicyclic) bond motifs is 3. The van der Waals surface area contributed by atoms with Crippen molar-refractivity contribution in [2.75, 3.05) is 39.0 Å². The lowest BCUT2D eigenvalue weighted by atomic mass is 9.77. The molecule has 1 saturated carbocycles. The highest BCUT2D eigenvalue weighted by Gasteiger charge is 2.60. The first-order valence-electron chi connectivity index (χ1n) is 12.6. The number of nitrogens with zero attached hydrogens (tertiary/aromatic N) is 4. The maximum Gasteiger partial charge on any atom is 0.417 e. The second-order valence-electron chi connectivity index (χ2n) is 10.5. The molecule has 1 spiro atoms. The number of rotatable bonds is 6. The second-order valence-corrected chi connectivity index (χ2v) is 11.6. The molecule has 4 N–H and O–H groups in total. The third-order valence-corrected chi connectivity index (χ3v) is 8.59. The first-order valence-corrected chi connectivity index (χ1v) is 13.4. The van der Waals surface area contributed by atoms with Crippen LogP contribution in [0, 0.1) is 0 Å². The molecule has 0 aromatic carbocycles. The number of nitrogens with one attached hydrogen (secondary N) is 3. The average molecular weight is 566 g/mol. The van der Waals surface area contributed by atoms with Gasteiger partial charge in [0.05, 0.1) is 16.8 Å². The smallest absolute Gasteiger partial charge is 0.380 e. The van der Waals surface area contributed by atoms with Gasteiger partial charge in [-0.3, -0.25) is 9.59 Å². The number of hydrogen-bond acceptors (Lipinski definition) is 9. The van der Waals surface area contributed by atoms with Gasteiger partial charge in [-0.25, -0.2) is 9.97 Å². The molecule has 210 valence electrons. The van der Waals surface area contributed by atoms with Gasteiger partial charge in [0, 0.05) is 18.8 Å². The number of allylic oxidation sites excluding steroid dienone is 2. The van der Waals surface area contributed by atoms with E-state index >= 15 is 0 Å². The maximum absolute atomic E-state index is 13.4. The van der Waals surface area contributed by atoms with Crippen molar-refractivity contribution in [3.8, 4) is 0 Å². The second kappa shape index (κ2) is 9.75. The van der Waals surface area contributed by atoms with Crippen molar-refractivity contribution in [2.24, 2.45) is 0 Å². The van der Waals surface area contributed by atoms with Gasteiger partial charge in [-0.05, 0) is 64.4 Å². The van der Waals surface area contributed by atoms with Crippen LogP contribution >= 0.6 is 11.3 Å². The summed E-state index contributed by atoms with van der Waals surface area (Å²) in [6.07, 6.45) is -2.63. The van der Waals surface area contributed by atoms with Crippen LogP contribution in [0.3, 0.4) is 0 Å². The van der Waals surface area contributed by atoms with E-state index in [0.29, 0.717) is 51.0 Å². The number of aliphatic hydroxyl groups is 1. The monoisotopic (exact) mass is 565 g/mol. The van der Waals surface area contributed by atoms with Crippen molar-refractivity contribution in [3.05, 3.63) is 40.3 Å². The molecular weight excluding hydrogens is 535 g/mol. The normalized spacial score (nSPS) is 25.3. The summed E-state index contributed by atoms with van der Waals surface area (Å²) in [5, 5.41) is 19.9. The summed E-state index contributed by atoms with van der Waals surface area (Å²) in [7, 11) is 3.84. The highest BCUT2D eigenvalue weighted by atomic mass is 32.1. The molecular formula is C25H30F3N7O3S. The molecule has 2 aromatic rings. The molecule has 4 heterocycles. The van der Waals surface area contributed by atoms with Crippen LogP contribution in [-0.4, -0.2) is 87.9 Å². The topological polar surface area (TPSA) is 123 Å². The number of halogens is 3. The minimum Gasteiger partial charge on any atom is -0.380 e. The van der Waals surface area contributed by atoms with Gasteiger partial charge in [0.25, 0.3) is 11.8 Å². The number of carbonyl (C=O) groups is 2. The molecule has 2 aromatic heterocycles. The van der Waals surface area contributed by atoms with Gasteiger partial charge in [-0.2, -0.15) is 13.2 Å². The number of anilines is 1. The largest absolute Gasteiger partial charge is 0.417 e. The molecule has 2 amide bonds. The van der Waals surface area contributed by atoms with Crippen LogP contribution in [0.25, 0.3) is 10.2 Å². The Morgan fingerprint density at radius 2 is 1.97 bits per heavy atom. The first-order chi connectivity index (χ1) is 18.3. The van der Waals surface area contributed by atoms with Crippen LogP contribution in [0.2, 0.25) is 0 Å². The van der Waals surface area contributed by atoms with Crippen LogP contribution in [0.1, 0.15) is 42.3 Å². The Kier molecular flexibility index (Phi) is 6.84. The van der Waals surface area contributed by atoms with Gasteiger partial charge < -0.3 is 30.9 Å². The van der Waals surface area contributed by atoms with Gasteiger partial charge in [0.2, 0.25) is 0 Å². The third kappa shape index (κ3) is 4.96. The van der Waals surface area contributed by atoms with E-state index in [9.17, 15) is 27.9 Å². The Hall–Kier alpha value is -3.23. The fourth-order valence-corrected chi connectivity index (χ4v) is 6.29. The van der Waals surface area contributed by atoms with Crippen LogP contribution in [0.4, 0.5) is 19.0 Å². The summed E-state index contributed by atoms with van der Waals surface area (Å²) < 4.78 is 40.3. The van der Waals surface area contributed by atoms with Crippen LogP contribution < -0.4 is 16.0 Å². The van der Waals surface area contributed by atoms with Crippen molar-refractivity contribution in [1.29, 1.82) is 0 Å². The molecule has 14 heteroatoms. The van der Waals surface area contributed by atoms with Gasteiger partial charge in [-0.15, -0.1) is 11.3 Å². The fourth-order valence-electron chi connectivity index (χ4n) is 5.37. The predicted octanol–water partition coefficient (Wildman–Crippen LogP) is 2.56. The Balaban J connectivity index is 1.36. The molecule has 39 heavy (non-hydrogen) atoms. The van der Waals surface area contributed by atoms with Crippen molar-refractivity contribution in [3.63, 3.8) is 0 Å². The molecule has 2 aliphatic heterocycles. The van der Waals surface area contributed by atoms with Crippen molar-refractivity contribution in [1.82, 2.24) is 30.4 Å². The van der Waals surface area contributed by atoms with Crippen molar-refractivity contribution in [2.45, 2.75) is 50.0 Å². The molecule has 1 saturated heterocycles. The Labute approximate surface area is 227 Å². The number of hydrogen-bond donors (Lipinski definition) is 4. The molecule has 1 aliphatic carbocycles. The summed E-state index contributed by atoms with van der Waals surface area (Å²) in [6, 6.07) is 1.73. The summed E-state index contributed by atoms with van der Waals surface area (Å²) >= 11 is 1.25. The highest BCUT2D eigenvalue weighted by molar-refractivity contribution is 7.20. The zero-order chi connectivity index (χ0) is 28.2. The number of thiophene rings is 1. The zero-order valence-electron chi connectivity index (χ0n) is 21.8. The van der Waals surface area contributed by atoms with E-state index in [1.807, 2.05) is 25.1 Å². The predicted molar refractivity (Wildman–Crippen MR) is 140 cm³/mol. The van der Waals surface area contributed by atoms with Gasteiger partial charge >= 0.3 is 6.18 Å². The number of likely N-dealkylation sites (N-methyl/N-ethyl adjacent to an activating group) is 1. The van der Waals surface area contributed by atoms with E-state index in [4.69, 9.17) is 0 Å². The lowest BCUT2D eigenvalue weighted by Crippen LogP contribution is -2.60. The van der Waals surface area contributed by atoms with Gasteiger partial charge in [-0.1, -0.05) is 0 Å². The minimum atomic E-state index is -4.73. The van der Waals surface area contributed by atoms with Crippen LogP contribution in [-0.2, 0) is 4.79 Å². The lowest BCUT2D eigenvalue weighted by Gasteiger charge is -2.47. The third-order valence-electron chi connectivity index (χ3n) is 7.55. The number of amides is 2. The molecule has 0 radical (unpaired) electrons. The first kappa shape index (κ1) is 27.3. The summed E-state index contributed by atoms with van der Waals surface area (Å²) in [4.78, 5) is 39.1. The van der Waals surface area contributed by atoms with E-state index in [1.165, 1.54) is 17.7 Å². The number of aromatic nitrogens is 2. The Morgan fingerprint density at radius 3 is 2.64 bits per heavy atom. The SMILES string of the molecule is CC1=C2C(=O)NC3(CCC(O)(C(F)(F)F)CC3)N2CC(Nc2ncnc3sc(C(=O)NCCN(C)C)cc23)=C1. The summed E-state index contributed by atoms with van der Waals surface area (Å²) in [6.45, 7) is 3.20. The molecule has 3 aliphatic rings. The summed E-state index contributed by atoms with van der Waals surface area (Å²) in [5.41, 5.74) is -2.02. The van der Waals surface area contributed by atoms with E-state index < -0.39 is 30.3 Å². The van der Waals surface area contributed by atoms with E-state index in [0.717, 1.165) is 0 Å². The van der Waals surface area contributed by atoms with Gasteiger partial charge in [0.1, 0.15) is 28.3 Å². The Bertz CT molecular complexity index is 1380. The minimum absolute atomic E-state index is 0.0482. The molecule has 5 rings (SSSR count). The quantitative estimate of drug-likeness (QED) is 0.422. The molecule has 0 atom stereocenters. The molecule has 0 bridgehead atoms. The van der Waals surface area contributed by atoms with Gasteiger partial charge in [0.15, 0.2) is 5.60 Å². The van der Waals surface area contributed by atoms with Crippen LogP contribution in [0.5, 0.6) is 0 Å². The van der Waals surface area contributed by atoms with Crippen molar-refractivity contribution >= 4 is 39.2 Å². The number of carbonyl (C=O) groups excluding carboxylic acids is 2. The van der Waals surface area contributed by atoms with Crippen LogP contribution in [0.15, 0.2) is 35.4 Å². The zero-order valence-corrected chi connectivity index (χ0v) is 22.6. The summed E-state index contributed by atoms with van der Waals surface area (Å²) in [5.74, 6) is -0.0630. The fraction of sp³-hybridized carbons (Fsp3) is 0.520. The van der Waals surface area contributed by atoms with E-state index in [1.54, 1.807) is 17.9 Å². The lowest BCUT2D eigenvalue weighted by molar-refractivity contribution is -0.275. The average Bonchev–Trinajstić information content (AvgIpc) is 3.41. The molecule has 2 fully saturated rings. The molecule has 10 nitrogen and oxygen atoms in total. The Morgan fingerprint density at radius 1 is 1.26 bits per heavy atom.